The first-order chi connectivity index (χ1) is 14.5. The standard InChI is InChI=1S/C22H29N5O3/c1-22(2,16-4-5-18-19(14-16)30-13-12-29-18)15-25-21(28)26-17-6-10-27(11-7-17)20-23-8-3-9-24-20/h3-5,8-9,14,17H,6-7,10-13,15H2,1-2H3,(H2,25,26,28). The van der Waals surface area contributed by atoms with E-state index in [-0.39, 0.29) is 17.5 Å². The fourth-order valence-corrected chi connectivity index (χ4v) is 3.78. The third-order valence-electron chi connectivity index (χ3n) is 5.68. The van der Waals surface area contributed by atoms with Gasteiger partial charge in [-0.15, -0.1) is 0 Å². The summed E-state index contributed by atoms with van der Waals surface area (Å²) in [6.45, 7) is 7.54. The fraction of sp³-hybridized carbons (Fsp3) is 0.500. The molecule has 0 spiro atoms. The number of anilines is 1. The van der Waals surface area contributed by atoms with E-state index in [1.54, 1.807) is 12.4 Å². The van der Waals surface area contributed by atoms with Gasteiger partial charge in [0.1, 0.15) is 13.2 Å². The molecule has 8 heteroatoms. The Morgan fingerprint density at radius 1 is 1.13 bits per heavy atom. The van der Waals surface area contributed by atoms with E-state index in [0.29, 0.717) is 19.8 Å². The van der Waals surface area contributed by atoms with E-state index in [4.69, 9.17) is 9.47 Å². The number of carbonyl (C=O) groups excluding carboxylic acids is 1. The molecule has 2 N–H and O–H groups in total. The molecule has 0 unspecified atom stereocenters. The van der Waals surface area contributed by atoms with E-state index < -0.39 is 0 Å². The normalized spacial score (nSPS) is 16.8. The second-order valence-corrected chi connectivity index (χ2v) is 8.38. The van der Waals surface area contributed by atoms with Crippen LogP contribution in [0.15, 0.2) is 36.7 Å². The van der Waals surface area contributed by atoms with Crippen LogP contribution in [0, 0.1) is 0 Å². The molecule has 1 aromatic carbocycles. The molecule has 0 bridgehead atoms. The first-order valence-electron chi connectivity index (χ1n) is 10.5. The van der Waals surface area contributed by atoms with Gasteiger partial charge in [-0.1, -0.05) is 19.9 Å². The number of fused-ring (bicyclic) bond motifs is 1. The molecule has 1 saturated heterocycles. The summed E-state index contributed by atoms with van der Waals surface area (Å²) in [7, 11) is 0. The van der Waals surface area contributed by atoms with Crippen molar-refractivity contribution in [3.05, 3.63) is 42.2 Å². The molecular weight excluding hydrogens is 382 g/mol. The van der Waals surface area contributed by atoms with Crippen molar-refractivity contribution in [2.75, 3.05) is 37.7 Å². The lowest BCUT2D eigenvalue weighted by Crippen LogP contribution is -2.50. The van der Waals surface area contributed by atoms with Crippen molar-refractivity contribution in [3.63, 3.8) is 0 Å². The van der Waals surface area contributed by atoms with Gasteiger partial charge in [0.2, 0.25) is 5.95 Å². The number of carbonyl (C=O) groups is 1. The zero-order valence-electron chi connectivity index (χ0n) is 17.6. The van der Waals surface area contributed by atoms with E-state index in [9.17, 15) is 4.79 Å². The first kappa shape index (κ1) is 20.3. The van der Waals surface area contributed by atoms with Crippen LogP contribution in [0.25, 0.3) is 0 Å². The maximum atomic E-state index is 12.5. The smallest absolute Gasteiger partial charge is 0.315 e. The van der Waals surface area contributed by atoms with Gasteiger partial charge in [-0.25, -0.2) is 14.8 Å². The Morgan fingerprint density at radius 3 is 2.57 bits per heavy atom. The molecule has 2 aromatic rings. The van der Waals surface area contributed by atoms with Crippen molar-refractivity contribution >= 4 is 12.0 Å². The molecular formula is C22H29N5O3. The van der Waals surface area contributed by atoms with Gasteiger partial charge < -0.3 is 25.0 Å². The summed E-state index contributed by atoms with van der Waals surface area (Å²) in [5, 5.41) is 6.13. The minimum Gasteiger partial charge on any atom is -0.486 e. The lowest BCUT2D eigenvalue weighted by molar-refractivity contribution is 0.171. The van der Waals surface area contributed by atoms with Crippen molar-refractivity contribution in [3.8, 4) is 11.5 Å². The number of piperidine rings is 1. The number of hydrogen-bond donors (Lipinski definition) is 2. The largest absolute Gasteiger partial charge is 0.486 e. The quantitative estimate of drug-likeness (QED) is 0.786. The molecule has 0 aliphatic carbocycles. The molecule has 0 radical (unpaired) electrons. The van der Waals surface area contributed by atoms with Crippen LogP contribution in [0.2, 0.25) is 0 Å². The van der Waals surface area contributed by atoms with Crippen LogP contribution in [-0.4, -0.2) is 54.9 Å². The third-order valence-corrected chi connectivity index (χ3v) is 5.68. The average Bonchev–Trinajstić information content (AvgIpc) is 2.78. The second-order valence-electron chi connectivity index (χ2n) is 8.38. The van der Waals surface area contributed by atoms with Crippen LogP contribution in [0.3, 0.4) is 0 Å². The summed E-state index contributed by atoms with van der Waals surface area (Å²) >= 11 is 0. The minimum absolute atomic E-state index is 0.130. The molecule has 2 aliphatic heterocycles. The van der Waals surface area contributed by atoms with Gasteiger partial charge in [0, 0.05) is 43.5 Å². The Morgan fingerprint density at radius 2 is 1.83 bits per heavy atom. The van der Waals surface area contributed by atoms with Crippen LogP contribution in [0.1, 0.15) is 32.3 Å². The Labute approximate surface area is 177 Å². The molecule has 30 heavy (non-hydrogen) atoms. The molecule has 1 aromatic heterocycles. The molecule has 8 nitrogen and oxygen atoms in total. The van der Waals surface area contributed by atoms with Crippen molar-refractivity contribution in [1.29, 1.82) is 0 Å². The zero-order chi connectivity index (χ0) is 21.0. The summed E-state index contributed by atoms with van der Waals surface area (Å²) in [6.07, 6.45) is 5.25. The number of aromatic nitrogens is 2. The zero-order valence-corrected chi connectivity index (χ0v) is 17.6. The summed E-state index contributed by atoms with van der Waals surface area (Å²) in [6, 6.07) is 7.83. The number of amides is 2. The highest BCUT2D eigenvalue weighted by atomic mass is 16.6. The van der Waals surface area contributed by atoms with Gasteiger partial charge in [-0.3, -0.25) is 0 Å². The van der Waals surface area contributed by atoms with E-state index in [1.165, 1.54) is 0 Å². The maximum Gasteiger partial charge on any atom is 0.315 e. The lowest BCUT2D eigenvalue weighted by Gasteiger charge is -2.33. The van der Waals surface area contributed by atoms with E-state index in [1.807, 2.05) is 24.3 Å². The van der Waals surface area contributed by atoms with Crippen molar-refractivity contribution in [2.45, 2.75) is 38.1 Å². The van der Waals surface area contributed by atoms with Crippen LogP contribution in [0.4, 0.5) is 10.7 Å². The van der Waals surface area contributed by atoms with Gasteiger partial charge >= 0.3 is 6.03 Å². The summed E-state index contributed by atoms with van der Waals surface area (Å²) in [5.74, 6) is 2.30. The Balaban J connectivity index is 1.25. The lowest BCUT2D eigenvalue weighted by atomic mass is 9.84. The molecule has 4 rings (SSSR count). The fourth-order valence-electron chi connectivity index (χ4n) is 3.78. The third kappa shape index (κ3) is 4.75. The monoisotopic (exact) mass is 411 g/mol. The predicted octanol–water partition coefficient (Wildman–Crippen LogP) is 2.49. The number of urea groups is 1. The van der Waals surface area contributed by atoms with Crippen molar-refractivity contribution in [1.82, 2.24) is 20.6 Å². The Bertz CT molecular complexity index is 866. The maximum absolute atomic E-state index is 12.5. The van der Waals surface area contributed by atoms with Crippen molar-refractivity contribution < 1.29 is 14.3 Å². The van der Waals surface area contributed by atoms with E-state index in [2.05, 4.69) is 39.3 Å². The summed E-state index contributed by atoms with van der Waals surface area (Å²) in [4.78, 5) is 23.2. The average molecular weight is 412 g/mol. The molecule has 0 atom stereocenters. The second kappa shape index (κ2) is 8.77. The highest BCUT2D eigenvalue weighted by Crippen LogP contribution is 2.34. The number of nitrogens with zero attached hydrogens (tertiary/aromatic N) is 3. The van der Waals surface area contributed by atoms with Gasteiger partial charge in [-0.05, 0) is 36.6 Å². The Hall–Kier alpha value is -3.03. The molecule has 1 fully saturated rings. The topological polar surface area (TPSA) is 88.6 Å². The molecule has 3 heterocycles. The van der Waals surface area contributed by atoms with Gasteiger partial charge in [0.15, 0.2) is 11.5 Å². The van der Waals surface area contributed by atoms with Crippen LogP contribution in [-0.2, 0) is 5.41 Å². The van der Waals surface area contributed by atoms with Crippen LogP contribution in [0.5, 0.6) is 11.5 Å². The highest BCUT2D eigenvalue weighted by Gasteiger charge is 2.26. The number of nitrogens with one attached hydrogen (secondary N) is 2. The van der Waals surface area contributed by atoms with Gasteiger partial charge in [0.05, 0.1) is 0 Å². The minimum atomic E-state index is -0.235. The predicted molar refractivity (Wildman–Crippen MR) is 114 cm³/mol. The van der Waals surface area contributed by atoms with Crippen molar-refractivity contribution in [2.24, 2.45) is 0 Å². The molecule has 0 saturated carbocycles. The van der Waals surface area contributed by atoms with E-state index in [0.717, 1.165) is 48.9 Å². The number of ether oxygens (including phenoxy) is 2. The Kier molecular flexibility index (Phi) is 5.92. The first-order valence-corrected chi connectivity index (χ1v) is 10.5. The SMILES string of the molecule is CC(C)(CNC(=O)NC1CCN(c2ncccn2)CC1)c1ccc2c(c1)OCCO2. The highest BCUT2D eigenvalue weighted by molar-refractivity contribution is 5.74. The van der Waals surface area contributed by atoms with Gasteiger partial charge in [0.25, 0.3) is 0 Å². The number of hydrogen-bond acceptors (Lipinski definition) is 6. The van der Waals surface area contributed by atoms with Crippen LogP contribution >= 0.6 is 0 Å². The molecule has 2 aliphatic rings. The summed E-state index contributed by atoms with van der Waals surface area (Å²) < 4.78 is 11.3. The summed E-state index contributed by atoms with van der Waals surface area (Å²) in [5.41, 5.74) is 0.865. The number of rotatable bonds is 5. The molecule has 2 amide bonds. The molecule has 160 valence electrons. The number of benzene rings is 1. The van der Waals surface area contributed by atoms with Gasteiger partial charge in [-0.2, -0.15) is 0 Å². The van der Waals surface area contributed by atoms with E-state index >= 15 is 0 Å². The van der Waals surface area contributed by atoms with Crippen LogP contribution < -0.4 is 25.0 Å².